The summed E-state index contributed by atoms with van der Waals surface area (Å²) in [5.41, 5.74) is 5.70. The van der Waals surface area contributed by atoms with Gasteiger partial charge in [0.15, 0.2) is 10.3 Å². The molecule has 0 aliphatic carbocycles. The zero-order valence-electron chi connectivity index (χ0n) is 9.27. The van der Waals surface area contributed by atoms with E-state index in [1.54, 1.807) is 11.8 Å². The second kappa shape index (κ2) is 6.30. The fourth-order valence-corrected chi connectivity index (χ4v) is 2.43. The normalized spacial score (nSPS) is 16.3. The third-order valence-corrected chi connectivity index (χ3v) is 3.37. The van der Waals surface area contributed by atoms with Crippen molar-refractivity contribution >= 4 is 34.3 Å². The molecule has 0 aromatic rings. The summed E-state index contributed by atoms with van der Waals surface area (Å²) >= 11 is 6.78. The number of likely N-dealkylation sites (N-methyl/N-ethyl adjacent to an activating group) is 1. The molecule has 86 valence electrons. The maximum absolute atomic E-state index is 5.70. The minimum atomic E-state index is 0.421. The van der Waals surface area contributed by atoms with Crippen LogP contribution in [-0.2, 0) is 0 Å². The highest BCUT2D eigenvalue weighted by atomic mass is 32.2. The average molecular weight is 246 g/mol. The first-order chi connectivity index (χ1) is 7.11. The van der Waals surface area contributed by atoms with Crippen LogP contribution in [0.25, 0.3) is 0 Å². The number of nitrogens with zero attached hydrogens (tertiary/aromatic N) is 3. The van der Waals surface area contributed by atoms with Crippen LogP contribution in [0.5, 0.6) is 0 Å². The lowest BCUT2D eigenvalue weighted by Crippen LogP contribution is -2.43. The van der Waals surface area contributed by atoms with Crippen LogP contribution in [0.15, 0.2) is 4.99 Å². The SMILES string of the molecule is CN(C)CCN(C(N)=S)C1=NCCCS1. The Balaban J connectivity index is 2.56. The lowest BCUT2D eigenvalue weighted by molar-refractivity contribution is 0.382. The molecule has 1 aliphatic heterocycles. The molecule has 0 spiro atoms. The predicted octanol–water partition coefficient (Wildman–Crippen LogP) is 0.587. The molecule has 0 unspecified atom stereocenters. The molecule has 0 radical (unpaired) electrons. The van der Waals surface area contributed by atoms with E-state index in [4.69, 9.17) is 18.0 Å². The number of thiocarbonyl (C=S) groups is 1. The van der Waals surface area contributed by atoms with E-state index in [0.717, 1.165) is 37.0 Å². The molecule has 0 saturated heterocycles. The monoisotopic (exact) mass is 246 g/mol. The summed E-state index contributed by atoms with van der Waals surface area (Å²) in [5.74, 6) is 1.11. The highest BCUT2D eigenvalue weighted by Gasteiger charge is 2.16. The van der Waals surface area contributed by atoms with Gasteiger partial charge >= 0.3 is 0 Å². The Morgan fingerprint density at radius 1 is 1.53 bits per heavy atom. The Labute approximate surface area is 101 Å². The Bertz CT molecular complexity index is 252. The van der Waals surface area contributed by atoms with Crippen molar-refractivity contribution in [1.29, 1.82) is 0 Å². The molecule has 2 N–H and O–H groups in total. The van der Waals surface area contributed by atoms with Gasteiger partial charge in [0, 0.05) is 25.4 Å². The molecule has 15 heavy (non-hydrogen) atoms. The van der Waals surface area contributed by atoms with E-state index in [-0.39, 0.29) is 0 Å². The second-order valence-corrected chi connectivity index (χ2v) is 5.14. The molecular formula is C9H18N4S2. The first-order valence-corrected chi connectivity index (χ1v) is 6.39. The fraction of sp³-hybridized carbons (Fsp3) is 0.778. The van der Waals surface area contributed by atoms with E-state index in [2.05, 4.69) is 9.89 Å². The van der Waals surface area contributed by atoms with Gasteiger partial charge in [-0.05, 0) is 32.7 Å². The standard InChI is InChI=1S/C9H18N4S2/c1-12(2)5-6-13(8(10)14)9-11-4-3-7-15-9/h3-7H2,1-2H3,(H2,10,14). The van der Waals surface area contributed by atoms with Gasteiger partial charge in [0.25, 0.3) is 0 Å². The summed E-state index contributed by atoms with van der Waals surface area (Å²) in [6, 6.07) is 0. The molecule has 0 atom stereocenters. The van der Waals surface area contributed by atoms with Gasteiger partial charge in [-0.25, -0.2) is 0 Å². The summed E-state index contributed by atoms with van der Waals surface area (Å²) in [6.45, 7) is 2.63. The first kappa shape index (κ1) is 12.7. The Morgan fingerprint density at radius 3 is 2.73 bits per heavy atom. The molecule has 0 amide bonds. The number of rotatable bonds is 3. The predicted molar refractivity (Wildman–Crippen MR) is 71.4 cm³/mol. The number of thioether (sulfide) groups is 1. The molecule has 0 saturated carbocycles. The highest BCUT2D eigenvalue weighted by Crippen LogP contribution is 2.15. The van der Waals surface area contributed by atoms with Crippen molar-refractivity contribution in [2.75, 3.05) is 39.5 Å². The molecule has 6 heteroatoms. The highest BCUT2D eigenvalue weighted by molar-refractivity contribution is 8.13. The number of aliphatic imine (C=N–C) groups is 1. The van der Waals surface area contributed by atoms with Crippen molar-refractivity contribution in [1.82, 2.24) is 9.80 Å². The van der Waals surface area contributed by atoms with Gasteiger partial charge in [-0.1, -0.05) is 11.8 Å². The summed E-state index contributed by atoms with van der Waals surface area (Å²) in [7, 11) is 4.07. The quantitative estimate of drug-likeness (QED) is 0.738. The molecule has 0 aromatic heterocycles. The third kappa shape index (κ3) is 4.36. The van der Waals surface area contributed by atoms with Crippen molar-refractivity contribution in [2.24, 2.45) is 10.7 Å². The van der Waals surface area contributed by atoms with Gasteiger partial charge in [-0.2, -0.15) is 0 Å². The van der Waals surface area contributed by atoms with Crippen LogP contribution in [0.1, 0.15) is 6.42 Å². The molecule has 1 rings (SSSR count). The van der Waals surface area contributed by atoms with Crippen molar-refractivity contribution in [3.63, 3.8) is 0 Å². The minimum Gasteiger partial charge on any atom is -0.376 e. The molecule has 0 bridgehead atoms. The van der Waals surface area contributed by atoms with Gasteiger partial charge in [0.1, 0.15) is 0 Å². The number of hydrogen-bond acceptors (Lipinski definition) is 4. The van der Waals surface area contributed by atoms with Gasteiger partial charge in [-0.3, -0.25) is 9.89 Å². The van der Waals surface area contributed by atoms with Gasteiger partial charge in [0.05, 0.1) is 0 Å². The van der Waals surface area contributed by atoms with Crippen LogP contribution >= 0.6 is 24.0 Å². The van der Waals surface area contributed by atoms with E-state index in [1.807, 2.05) is 19.0 Å². The Hall–Kier alpha value is -0.330. The van der Waals surface area contributed by atoms with Gasteiger partial charge in [0.2, 0.25) is 0 Å². The summed E-state index contributed by atoms with van der Waals surface area (Å²) in [4.78, 5) is 8.49. The Morgan fingerprint density at radius 2 is 2.27 bits per heavy atom. The molecule has 1 heterocycles. The van der Waals surface area contributed by atoms with E-state index < -0.39 is 0 Å². The molecule has 4 nitrogen and oxygen atoms in total. The van der Waals surface area contributed by atoms with Crippen LogP contribution in [0.2, 0.25) is 0 Å². The maximum atomic E-state index is 5.70. The van der Waals surface area contributed by atoms with E-state index in [1.165, 1.54) is 0 Å². The van der Waals surface area contributed by atoms with Crippen molar-refractivity contribution in [2.45, 2.75) is 6.42 Å². The van der Waals surface area contributed by atoms with Gasteiger partial charge < -0.3 is 10.6 Å². The summed E-state index contributed by atoms with van der Waals surface area (Å²) in [5, 5.41) is 1.40. The summed E-state index contributed by atoms with van der Waals surface area (Å²) in [6.07, 6.45) is 1.15. The largest absolute Gasteiger partial charge is 0.376 e. The first-order valence-electron chi connectivity index (χ1n) is 5.00. The number of amidine groups is 1. The van der Waals surface area contributed by atoms with E-state index >= 15 is 0 Å². The van der Waals surface area contributed by atoms with E-state index in [9.17, 15) is 0 Å². The molecule has 1 aliphatic rings. The second-order valence-electron chi connectivity index (χ2n) is 3.66. The number of hydrogen-bond donors (Lipinski definition) is 1. The topological polar surface area (TPSA) is 44.9 Å². The van der Waals surface area contributed by atoms with Crippen molar-refractivity contribution in [3.05, 3.63) is 0 Å². The average Bonchev–Trinajstić information content (AvgIpc) is 2.18. The molecule has 0 fully saturated rings. The third-order valence-electron chi connectivity index (χ3n) is 2.05. The lowest BCUT2D eigenvalue weighted by atomic mass is 10.5. The summed E-state index contributed by atoms with van der Waals surface area (Å²) < 4.78 is 0. The van der Waals surface area contributed by atoms with Crippen molar-refractivity contribution in [3.8, 4) is 0 Å². The number of nitrogens with two attached hydrogens (primary N) is 1. The van der Waals surface area contributed by atoms with E-state index in [0.29, 0.717) is 5.11 Å². The van der Waals surface area contributed by atoms with Crippen molar-refractivity contribution < 1.29 is 0 Å². The van der Waals surface area contributed by atoms with Crippen LogP contribution in [-0.4, -0.2) is 59.6 Å². The zero-order valence-corrected chi connectivity index (χ0v) is 10.9. The smallest absolute Gasteiger partial charge is 0.172 e. The molecular weight excluding hydrogens is 228 g/mol. The fourth-order valence-electron chi connectivity index (χ4n) is 1.21. The Kier molecular flexibility index (Phi) is 5.35. The van der Waals surface area contributed by atoms with Crippen LogP contribution in [0.3, 0.4) is 0 Å². The minimum absolute atomic E-state index is 0.421. The van der Waals surface area contributed by atoms with Gasteiger partial charge in [-0.15, -0.1) is 0 Å². The van der Waals surface area contributed by atoms with Crippen LogP contribution in [0.4, 0.5) is 0 Å². The lowest BCUT2D eigenvalue weighted by Gasteiger charge is -2.26. The van der Waals surface area contributed by atoms with Crippen LogP contribution < -0.4 is 5.73 Å². The maximum Gasteiger partial charge on any atom is 0.172 e. The van der Waals surface area contributed by atoms with Crippen LogP contribution in [0, 0.1) is 0 Å². The molecule has 0 aromatic carbocycles. The zero-order chi connectivity index (χ0) is 11.3.